The lowest BCUT2D eigenvalue weighted by atomic mass is 9.85. The maximum absolute atomic E-state index is 5.82. The number of hydrogen-bond donors (Lipinski definition) is 0. The number of nitrogens with zero attached hydrogens (tertiary/aromatic N) is 1. The highest BCUT2D eigenvalue weighted by molar-refractivity contribution is 5.32. The van der Waals surface area contributed by atoms with Crippen molar-refractivity contribution in [2.24, 2.45) is 0 Å². The molecule has 4 aliphatic rings. The molecule has 0 fully saturated rings. The van der Waals surface area contributed by atoms with Gasteiger partial charge in [-0.25, -0.2) is 0 Å². The van der Waals surface area contributed by atoms with Gasteiger partial charge in [0.2, 0.25) is 0 Å². The summed E-state index contributed by atoms with van der Waals surface area (Å²) >= 11 is 0. The van der Waals surface area contributed by atoms with Crippen LogP contribution in [0.3, 0.4) is 0 Å². The third kappa shape index (κ3) is 3.16. The molecule has 0 aromatic carbocycles. The Hall–Kier alpha value is -1.74. The van der Waals surface area contributed by atoms with Crippen LogP contribution in [0.2, 0.25) is 0 Å². The van der Waals surface area contributed by atoms with E-state index in [1.54, 1.807) is 29.9 Å². The first-order chi connectivity index (χ1) is 11.4. The second-order valence-electron chi connectivity index (χ2n) is 6.79. The van der Waals surface area contributed by atoms with Crippen molar-refractivity contribution < 1.29 is 9.47 Å². The Labute approximate surface area is 138 Å². The molecule has 0 saturated carbocycles. The standard InChI is InChI=1S/C20H25NO2/c1-2-7-17(8-3-1)20(19-15-22-12-13-23-19)21-11-10-16-6-4-5-9-18(16)14-21/h1-2,7,12-13,15,20H,3-6,8-11,14H2. The largest absolute Gasteiger partial charge is 0.466 e. The van der Waals surface area contributed by atoms with Crippen LogP contribution in [0.1, 0.15) is 44.9 Å². The van der Waals surface area contributed by atoms with E-state index >= 15 is 0 Å². The van der Waals surface area contributed by atoms with Crippen molar-refractivity contribution in [1.29, 1.82) is 0 Å². The Morgan fingerprint density at radius 2 is 1.91 bits per heavy atom. The van der Waals surface area contributed by atoms with Crippen molar-refractivity contribution in [3.63, 3.8) is 0 Å². The first-order valence-electron chi connectivity index (χ1n) is 8.88. The second kappa shape index (κ2) is 6.79. The number of ether oxygens (including phenoxy) is 2. The van der Waals surface area contributed by atoms with E-state index in [0.717, 1.165) is 31.7 Å². The van der Waals surface area contributed by atoms with E-state index in [0.29, 0.717) is 0 Å². The molecule has 4 rings (SSSR count). The molecule has 0 amide bonds. The van der Waals surface area contributed by atoms with E-state index in [-0.39, 0.29) is 6.04 Å². The van der Waals surface area contributed by atoms with E-state index in [1.807, 2.05) is 0 Å². The fourth-order valence-electron chi connectivity index (χ4n) is 4.19. The highest BCUT2D eigenvalue weighted by Crippen LogP contribution is 2.35. The molecule has 0 saturated heterocycles. The predicted octanol–water partition coefficient (Wildman–Crippen LogP) is 4.57. The van der Waals surface area contributed by atoms with E-state index in [4.69, 9.17) is 9.47 Å². The lowest BCUT2D eigenvalue weighted by molar-refractivity contribution is 0.161. The van der Waals surface area contributed by atoms with Crippen molar-refractivity contribution in [1.82, 2.24) is 4.90 Å². The van der Waals surface area contributed by atoms with Gasteiger partial charge >= 0.3 is 0 Å². The molecule has 2 aliphatic heterocycles. The fourth-order valence-corrected chi connectivity index (χ4v) is 4.19. The first-order valence-corrected chi connectivity index (χ1v) is 8.88. The van der Waals surface area contributed by atoms with E-state index < -0.39 is 0 Å². The average molecular weight is 311 g/mol. The number of rotatable bonds is 3. The Kier molecular flexibility index (Phi) is 4.38. The topological polar surface area (TPSA) is 21.7 Å². The molecule has 3 heteroatoms. The van der Waals surface area contributed by atoms with Gasteiger partial charge < -0.3 is 9.47 Å². The van der Waals surface area contributed by atoms with Crippen molar-refractivity contribution in [2.45, 2.75) is 51.0 Å². The molecule has 1 atom stereocenters. The van der Waals surface area contributed by atoms with Gasteiger partial charge in [-0.3, -0.25) is 4.90 Å². The minimum absolute atomic E-state index is 0.209. The van der Waals surface area contributed by atoms with Gasteiger partial charge in [0.05, 0.1) is 6.04 Å². The molecule has 0 radical (unpaired) electrons. The van der Waals surface area contributed by atoms with Gasteiger partial charge in [-0.2, -0.15) is 0 Å². The first kappa shape index (κ1) is 14.8. The summed E-state index contributed by atoms with van der Waals surface area (Å²) in [6.45, 7) is 2.21. The summed E-state index contributed by atoms with van der Waals surface area (Å²) in [5.41, 5.74) is 4.86. The molecule has 2 aliphatic carbocycles. The molecule has 0 spiro atoms. The molecule has 0 aromatic heterocycles. The van der Waals surface area contributed by atoms with Gasteiger partial charge in [0.25, 0.3) is 0 Å². The van der Waals surface area contributed by atoms with Gasteiger partial charge in [0.1, 0.15) is 18.8 Å². The van der Waals surface area contributed by atoms with E-state index in [9.17, 15) is 0 Å². The molecule has 2 heterocycles. The van der Waals surface area contributed by atoms with Gasteiger partial charge in [-0.05, 0) is 50.5 Å². The highest BCUT2D eigenvalue weighted by Gasteiger charge is 2.32. The SMILES string of the molecule is C1=CCCC(C(C2=COC=CO2)N2CCC3=C(CCCC3)C2)=C1. The van der Waals surface area contributed by atoms with Gasteiger partial charge in [0, 0.05) is 13.1 Å². The summed E-state index contributed by atoms with van der Waals surface area (Å²) in [4.78, 5) is 2.59. The molecule has 0 N–H and O–H groups in total. The summed E-state index contributed by atoms with van der Waals surface area (Å²) in [5.74, 6) is 0.925. The third-order valence-corrected chi connectivity index (χ3v) is 5.36. The molecule has 3 nitrogen and oxygen atoms in total. The number of hydrogen-bond acceptors (Lipinski definition) is 3. The van der Waals surface area contributed by atoms with Crippen LogP contribution in [0.5, 0.6) is 0 Å². The Morgan fingerprint density at radius 3 is 2.70 bits per heavy atom. The van der Waals surface area contributed by atoms with E-state index in [1.165, 1.54) is 37.7 Å². The van der Waals surface area contributed by atoms with Crippen LogP contribution in [0.15, 0.2) is 59.5 Å². The summed E-state index contributed by atoms with van der Waals surface area (Å²) in [5, 5.41) is 0. The highest BCUT2D eigenvalue weighted by atomic mass is 16.5. The Morgan fingerprint density at radius 1 is 1.00 bits per heavy atom. The third-order valence-electron chi connectivity index (χ3n) is 5.36. The van der Waals surface area contributed by atoms with Gasteiger partial charge in [-0.1, -0.05) is 29.4 Å². The minimum Gasteiger partial charge on any atom is -0.466 e. The van der Waals surface area contributed by atoms with Crippen LogP contribution in [0, 0.1) is 0 Å². The van der Waals surface area contributed by atoms with Gasteiger partial charge in [0.15, 0.2) is 5.76 Å². The van der Waals surface area contributed by atoms with Crippen molar-refractivity contribution >= 4 is 0 Å². The lowest BCUT2D eigenvalue weighted by Crippen LogP contribution is -2.43. The quantitative estimate of drug-likeness (QED) is 0.713. The molecule has 1 unspecified atom stereocenters. The molecule has 0 aromatic rings. The fraction of sp³-hybridized carbons (Fsp3) is 0.500. The molecule has 122 valence electrons. The maximum Gasteiger partial charge on any atom is 0.160 e. The van der Waals surface area contributed by atoms with Crippen LogP contribution < -0.4 is 0 Å². The van der Waals surface area contributed by atoms with Crippen molar-refractivity contribution in [3.05, 3.63) is 59.5 Å². The van der Waals surface area contributed by atoms with Crippen molar-refractivity contribution in [3.8, 4) is 0 Å². The zero-order chi connectivity index (χ0) is 15.5. The summed E-state index contributed by atoms with van der Waals surface area (Å²) < 4.78 is 11.2. The summed E-state index contributed by atoms with van der Waals surface area (Å²) in [6.07, 6.45) is 20.5. The summed E-state index contributed by atoms with van der Waals surface area (Å²) in [6, 6.07) is 0.209. The van der Waals surface area contributed by atoms with Crippen LogP contribution in [0.4, 0.5) is 0 Å². The molecular weight excluding hydrogens is 286 g/mol. The zero-order valence-corrected chi connectivity index (χ0v) is 13.7. The minimum atomic E-state index is 0.209. The van der Waals surface area contributed by atoms with Crippen molar-refractivity contribution in [2.75, 3.05) is 13.1 Å². The van der Waals surface area contributed by atoms with Crippen LogP contribution in [-0.2, 0) is 9.47 Å². The average Bonchev–Trinajstić information content (AvgIpc) is 2.64. The Balaban J connectivity index is 1.60. The van der Waals surface area contributed by atoms with Crippen LogP contribution in [0.25, 0.3) is 0 Å². The summed E-state index contributed by atoms with van der Waals surface area (Å²) in [7, 11) is 0. The monoisotopic (exact) mass is 311 g/mol. The van der Waals surface area contributed by atoms with E-state index in [2.05, 4.69) is 23.1 Å². The molecular formula is C20H25NO2. The maximum atomic E-state index is 5.82. The van der Waals surface area contributed by atoms with Crippen LogP contribution in [-0.4, -0.2) is 24.0 Å². The van der Waals surface area contributed by atoms with Gasteiger partial charge in [-0.15, -0.1) is 0 Å². The molecule has 23 heavy (non-hydrogen) atoms. The second-order valence-corrected chi connectivity index (χ2v) is 6.79. The lowest BCUT2D eigenvalue weighted by Gasteiger charge is -2.40. The molecule has 0 bridgehead atoms. The normalized spacial score (nSPS) is 25.9. The zero-order valence-electron chi connectivity index (χ0n) is 13.7. The Bertz CT molecular complexity index is 609. The number of allylic oxidation sites excluding steroid dienone is 3. The van der Waals surface area contributed by atoms with Crippen LogP contribution >= 0.6 is 0 Å². The smallest absolute Gasteiger partial charge is 0.160 e. The predicted molar refractivity (Wildman–Crippen MR) is 91.3 cm³/mol.